The van der Waals surface area contributed by atoms with E-state index in [1.807, 2.05) is 25.1 Å². The maximum atomic E-state index is 6.18. The number of benzene rings is 1. The number of ether oxygens (including phenoxy) is 1. The van der Waals surface area contributed by atoms with Crippen LogP contribution in [-0.4, -0.2) is 16.7 Å². The van der Waals surface area contributed by atoms with E-state index in [-0.39, 0.29) is 6.61 Å². The van der Waals surface area contributed by atoms with Gasteiger partial charge in [0.05, 0.1) is 0 Å². The van der Waals surface area contributed by atoms with E-state index < -0.39 is 0 Å². The zero-order valence-corrected chi connectivity index (χ0v) is 11.7. The van der Waals surface area contributed by atoms with Gasteiger partial charge in [-0.25, -0.2) is 0 Å². The molecule has 0 amide bonds. The second-order valence-electron chi connectivity index (χ2n) is 4.02. The normalized spacial score (nSPS) is 10.7. The minimum Gasteiger partial charge on any atom is -0.485 e. The highest BCUT2D eigenvalue weighted by Crippen LogP contribution is 2.26. The van der Waals surface area contributed by atoms with Crippen LogP contribution >= 0.6 is 11.6 Å². The molecule has 2 aromatic rings. The molecular formula is C13H16ClN3O2. The first-order valence-electron chi connectivity index (χ1n) is 6.10. The summed E-state index contributed by atoms with van der Waals surface area (Å²) in [5.41, 5.74) is 0.936. The van der Waals surface area contributed by atoms with Crippen LogP contribution in [0.25, 0.3) is 0 Å². The highest BCUT2D eigenvalue weighted by molar-refractivity contribution is 6.31. The van der Waals surface area contributed by atoms with Gasteiger partial charge in [-0.15, -0.1) is 0 Å². The van der Waals surface area contributed by atoms with Crippen molar-refractivity contribution in [3.63, 3.8) is 0 Å². The summed E-state index contributed by atoms with van der Waals surface area (Å²) in [6.45, 7) is 5.58. The highest BCUT2D eigenvalue weighted by Gasteiger charge is 2.09. The lowest BCUT2D eigenvalue weighted by Gasteiger charge is -2.12. The molecule has 2 rings (SSSR count). The largest absolute Gasteiger partial charge is 0.485 e. The quantitative estimate of drug-likeness (QED) is 0.882. The van der Waals surface area contributed by atoms with Crippen LogP contribution in [0.1, 0.15) is 24.2 Å². The Balaban J connectivity index is 2.08. The highest BCUT2D eigenvalue weighted by atomic mass is 35.5. The van der Waals surface area contributed by atoms with Gasteiger partial charge in [0.2, 0.25) is 11.7 Å². The number of hydrogen-bond donors (Lipinski definition) is 1. The predicted molar refractivity (Wildman–Crippen MR) is 72.2 cm³/mol. The standard InChI is InChI=1S/C13H16ClN3O2/c1-3-15-7-10-11(14)5-4-6-12(10)18-8-13-16-9(2)19-17-13/h4-6,15H,3,7-8H2,1-2H3. The SMILES string of the molecule is CCNCc1c(Cl)cccc1OCc1noc(C)n1. The van der Waals surface area contributed by atoms with Crippen LogP contribution in [0.15, 0.2) is 22.7 Å². The lowest BCUT2D eigenvalue weighted by Crippen LogP contribution is -2.13. The van der Waals surface area contributed by atoms with E-state index >= 15 is 0 Å². The van der Waals surface area contributed by atoms with Gasteiger partial charge in [0.25, 0.3) is 0 Å². The Morgan fingerprint density at radius 3 is 2.95 bits per heavy atom. The van der Waals surface area contributed by atoms with Gasteiger partial charge in [-0.1, -0.05) is 29.7 Å². The maximum Gasteiger partial charge on any atom is 0.223 e. The van der Waals surface area contributed by atoms with E-state index in [0.717, 1.165) is 17.9 Å². The Morgan fingerprint density at radius 2 is 2.26 bits per heavy atom. The molecule has 1 N–H and O–H groups in total. The first-order chi connectivity index (χ1) is 9.20. The average Bonchev–Trinajstić information content (AvgIpc) is 2.81. The molecule has 1 heterocycles. The van der Waals surface area contributed by atoms with Crippen LogP contribution in [0, 0.1) is 6.92 Å². The zero-order chi connectivity index (χ0) is 13.7. The van der Waals surface area contributed by atoms with Gasteiger partial charge in [-0.3, -0.25) is 0 Å². The molecular weight excluding hydrogens is 266 g/mol. The van der Waals surface area contributed by atoms with Gasteiger partial charge in [-0.05, 0) is 18.7 Å². The van der Waals surface area contributed by atoms with Gasteiger partial charge < -0.3 is 14.6 Å². The number of nitrogens with one attached hydrogen (secondary N) is 1. The summed E-state index contributed by atoms with van der Waals surface area (Å²) in [7, 11) is 0. The van der Waals surface area contributed by atoms with E-state index in [2.05, 4.69) is 15.5 Å². The first kappa shape index (κ1) is 13.8. The van der Waals surface area contributed by atoms with Gasteiger partial charge in [0, 0.05) is 24.1 Å². The van der Waals surface area contributed by atoms with Crippen molar-refractivity contribution in [2.45, 2.75) is 27.0 Å². The molecule has 0 spiro atoms. The van der Waals surface area contributed by atoms with E-state index in [4.69, 9.17) is 20.9 Å². The molecule has 0 saturated heterocycles. The average molecular weight is 282 g/mol. The second kappa shape index (κ2) is 6.54. The van der Waals surface area contributed by atoms with Crippen molar-refractivity contribution >= 4 is 11.6 Å². The maximum absolute atomic E-state index is 6.18. The van der Waals surface area contributed by atoms with Crippen molar-refractivity contribution in [2.24, 2.45) is 0 Å². The second-order valence-corrected chi connectivity index (χ2v) is 4.42. The van der Waals surface area contributed by atoms with E-state index in [9.17, 15) is 0 Å². The Hall–Kier alpha value is -1.59. The smallest absolute Gasteiger partial charge is 0.223 e. The van der Waals surface area contributed by atoms with Crippen molar-refractivity contribution in [1.82, 2.24) is 15.5 Å². The van der Waals surface area contributed by atoms with Crippen molar-refractivity contribution < 1.29 is 9.26 Å². The van der Waals surface area contributed by atoms with Crippen LogP contribution in [-0.2, 0) is 13.2 Å². The third-order valence-electron chi connectivity index (χ3n) is 2.55. The van der Waals surface area contributed by atoms with Crippen molar-refractivity contribution in [3.05, 3.63) is 40.5 Å². The molecule has 0 radical (unpaired) electrons. The monoisotopic (exact) mass is 281 g/mol. The lowest BCUT2D eigenvalue weighted by atomic mass is 10.2. The third-order valence-corrected chi connectivity index (χ3v) is 2.91. The fourth-order valence-corrected chi connectivity index (χ4v) is 1.87. The van der Waals surface area contributed by atoms with Crippen molar-refractivity contribution in [3.8, 4) is 5.75 Å². The van der Waals surface area contributed by atoms with Crippen LogP contribution in [0.3, 0.4) is 0 Å². The molecule has 0 aliphatic carbocycles. The molecule has 1 aromatic heterocycles. The fourth-order valence-electron chi connectivity index (χ4n) is 1.64. The zero-order valence-electron chi connectivity index (χ0n) is 10.9. The topological polar surface area (TPSA) is 60.2 Å². The van der Waals surface area contributed by atoms with Gasteiger partial charge >= 0.3 is 0 Å². The van der Waals surface area contributed by atoms with Crippen LogP contribution < -0.4 is 10.1 Å². The molecule has 0 saturated carbocycles. The third kappa shape index (κ3) is 3.68. The van der Waals surface area contributed by atoms with Crippen LogP contribution in [0.4, 0.5) is 0 Å². The molecule has 0 aliphatic heterocycles. The number of halogens is 1. The summed E-state index contributed by atoms with van der Waals surface area (Å²) in [4.78, 5) is 4.09. The summed E-state index contributed by atoms with van der Waals surface area (Å²) in [6.07, 6.45) is 0. The van der Waals surface area contributed by atoms with Crippen molar-refractivity contribution in [1.29, 1.82) is 0 Å². The molecule has 5 nitrogen and oxygen atoms in total. The Morgan fingerprint density at radius 1 is 1.42 bits per heavy atom. The predicted octanol–water partition coefficient (Wildman–Crippen LogP) is 2.72. The Labute approximate surface area is 116 Å². The van der Waals surface area contributed by atoms with Crippen LogP contribution in [0.2, 0.25) is 5.02 Å². The molecule has 0 fully saturated rings. The number of hydrogen-bond acceptors (Lipinski definition) is 5. The summed E-state index contributed by atoms with van der Waals surface area (Å²) in [5, 5.41) is 7.70. The molecule has 1 aromatic carbocycles. The van der Waals surface area contributed by atoms with E-state index in [1.54, 1.807) is 6.92 Å². The summed E-state index contributed by atoms with van der Waals surface area (Å²) in [5.74, 6) is 1.78. The van der Waals surface area contributed by atoms with Gasteiger partial charge in [0.15, 0.2) is 6.61 Å². The summed E-state index contributed by atoms with van der Waals surface area (Å²) >= 11 is 6.18. The lowest BCUT2D eigenvalue weighted by molar-refractivity contribution is 0.282. The number of aromatic nitrogens is 2. The van der Waals surface area contributed by atoms with E-state index in [1.165, 1.54) is 0 Å². The number of nitrogens with zero attached hydrogens (tertiary/aromatic N) is 2. The first-order valence-corrected chi connectivity index (χ1v) is 6.48. The molecule has 102 valence electrons. The summed E-state index contributed by atoms with van der Waals surface area (Å²) < 4.78 is 10.6. The Kier molecular flexibility index (Phi) is 4.76. The number of rotatable bonds is 6. The number of aryl methyl sites for hydroxylation is 1. The molecule has 0 bridgehead atoms. The minimum atomic E-state index is 0.261. The summed E-state index contributed by atoms with van der Waals surface area (Å²) in [6, 6.07) is 5.58. The fraction of sp³-hybridized carbons (Fsp3) is 0.385. The molecule has 0 unspecified atom stereocenters. The Bertz CT molecular complexity index is 542. The molecule has 19 heavy (non-hydrogen) atoms. The van der Waals surface area contributed by atoms with Crippen LogP contribution in [0.5, 0.6) is 5.75 Å². The van der Waals surface area contributed by atoms with Gasteiger partial charge in [-0.2, -0.15) is 4.98 Å². The van der Waals surface area contributed by atoms with Crippen molar-refractivity contribution in [2.75, 3.05) is 6.54 Å². The molecule has 6 heteroatoms. The minimum absolute atomic E-state index is 0.261. The van der Waals surface area contributed by atoms with E-state index in [0.29, 0.717) is 23.3 Å². The van der Waals surface area contributed by atoms with Gasteiger partial charge in [0.1, 0.15) is 5.75 Å². The molecule has 0 aliphatic rings. The molecule has 0 atom stereocenters.